The van der Waals surface area contributed by atoms with Gasteiger partial charge in [0, 0.05) is 71.5 Å². The number of nitrogens with zero attached hydrogens (tertiary/aromatic N) is 5. The first-order chi connectivity index (χ1) is 22.5. The Morgan fingerprint density at radius 2 is 1.98 bits per heavy atom. The van der Waals surface area contributed by atoms with Gasteiger partial charge in [0.2, 0.25) is 0 Å². The van der Waals surface area contributed by atoms with Gasteiger partial charge in [0.25, 0.3) is 0 Å². The highest BCUT2D eigenvalue weighted by Crippen LogP contribution is 2.37. The molecule has 244 valence electrons. The van der Waals surface area contributed by atoms with E-state index in [-0.39, 0.29) is 22.7 Å². The molecule has 14 heteroatoms. The summed E-state index contributed by atoms with van der Waals surface area (Å²) in [5, 5.41) is 6.73. The van der Waals surface area contributed by atoms with E-state index >= 15 is 0 Å². The van der Waals surface area contributed by atoms with Crippen LogP contribution in [0.25, 0.3) is 0 Å². The summed E-state index contributed by atoms with van der Waals surface area (Å²) in [6, 6.07) is 10.4. The van der Waals surface area contributed by atoms with Crippen molar-refractivity contribution in [2.75, 3.05) is 59.7 Å². The van der Waals surface area contributed by atoms with Gasteiger partial charge in [-0.1, -0.05) is 41.6 Å². The van der Waals surface area contributed by atoms with Crippen LogP contribution >= 0.6 is 30.1 Å². The number of methoxy groups -OCH3 is 1. The lowest BCUT2D eigenvalue weighted by atomic mass is 9.95. The lowest BCUT2D eigenvalue weighted by molar-refractivity contribution is -0.136. The second-order valence-electron chi connectivity index (χ2n) is 11.8. The normalized spacial score (nSPS) is 19.9. The summed E-state index contributed by atoms with van der Waals surface area (Å²) in [6.07, 6.45) is 1.67. The third-order valence-corrected chi connectivity index (χ3v) is 11.0. The zero-order valence-corrected chi connectivity index (χ0v) is 28.5. The van der Waals surface area contributed by atoms with Crippen molar-refractivity contribution in [1.82, 2.24) is 25.0 Å². The molecule has 4 heterocycles. The molecule has 0 spiro atoms. The molecule has 0 unspecified atom stereocenters. The van der Waals surface area contributed by atoms with E-state index < -0.39 is 25.0 Å². The summed E-state index contributed by atoms with van der Waals surface area (Å²) in [7, 11) is -1.03. The highest BCUT2D eigenvalue weighted by atomic mass is 35.5. The van der Waals surface area contributed by atoms with Crippen molar-refractivity contribution in [1.29, 1.82) is 0 Å². The quantitative estimate of drug-likeness (QED) is 0.225. The summed E-state index contributed by atoms with van der Waals surface area (Å²) in [4.78, 5) is 41.5. The number of piperazine rings is 1. The fourth-order valence-corrected chi connectivity index (χ4v) is 7.68. The molecule has 6 rings (SSSR count). The number of amides is 2. The van der Waals surface area contributed by atoms with E-state index in [1.807, 2.05) is 34.5 Å². The minimum Gasteiger partial charge on any atom is -0.466 e. The largest absolute Gasteiger partial charge is 0.466 e. The average molecular weight is 695 g/mol. The van der Waals surface area contributed by atoms with Gasteiger partial charge < -0.3 is 24.4 Å². The van der Waals surface area contributed by atoms with Crippen LogP contribution in [0.15, 0.2) is 70.3 Å². The lowest BCUT2D eigenvalue weighted by Crippen LogP contribution is -2.53. The first-order valence-electron chi connectivity index (χ1n) is 14.9. The van der Waals surface area contributed by atoms with Crippen LogP contribution in [-0.2, 0) is 14.1 Å². The van der Waals surface area contributed by atoms with Crippen molar-refractivity contribution in [2.24, 2.45) is 4.99 Å². The number of aromatic nitrogens is 1. The number of carbonyl (C=O) groups excluding carboxylic acids is 2. The summed E-state index contributed by atoms with van der Waals surface area (Å²) >= 11 is 7.87. The standard InChI is InChI=1S/C33H33ClFN6O4PS/c1-45-32(42)28-27(37-30(31-36-12-16-47-31)38-29(28)25-11-8-22(35)17-26(25)34)20-39-14-15-41-23(18-39)19-40(33(41)43)13-4-5-21-6-9-24(10-7-21)46(2,3)44/h6-12,16-17,23,29H,13-15,18-20H2,1-3H3,(H,37,38)/t23-,29-/m0/s1. The number of urea groups is 1. The molecule has 1 aromatic heterocycles. The number of nitrogens with one attached hydrogen (secondary N) is 1. The van der Waals surface area contributed by atoms with Crippen molar-refractivity contribution in [3.63, 3.8) is 0 Å². The molecule has 0 radical (unpaired) electrons. The average Bonchev–Trinajstić information content (AvgIpc) is 3.69. The van der Waals surface area contributed by atoms with Crippen LogP contribution in [0.5, 0.6) is 0 Å². The van der Waals surface area contributed by atoms with Gasteiger partial charge in [0.1, 0.15) is 19.0 Å². The summed E-state index contributed by atoms with van der Waals surface area (Å²) < 4.78 is 31.5. The highest BCUT2D eigenvalue weighted by molar-refractivity contribution is 7.70. The van der Waals surface area contributed by atoms with Crippen molar-refractivity contribution >= 4 is 53.2 Å². The smallest absolute Gasteiger partial charge is 0.338 e. The maximum atomic E-state index is 14.0. The third-order valence-electron chi connectivity index (χ3n) is 8.31. The summed E-state index contributed by atoms with van der Waals surface area (Å²) in [5.74, 6) is 5.62. The van der Waals surface area contributed by atoms with E-state index in [0.717, 1.165) is 10.9 Å². The molecular weight excluding hydrogens is 662 g/mol. The number of rotatable bonds is 7. The molecule has 0 saturated carbocycles. The Morgan fingerprint density at radius 1 is 1.19 bits per heavy atom. The Balaban J connectivity index is 1.20. The van der Waals surface area contributed by atoms with E-state index in [4.69, 9.17) is 21.3 Å². The van der Waals surface area contributed by atoms with E-state index in [2.05, 4.69) is 27.0 Å². The fourth-order valence-electron chi connectivity index (χ4n) is 5.95. The van der Waals surface area contributed by atoms with Crippen molar-refractivity contribution in [3.05, 3.63) is 92.3 Å². The van der Waals surface area contributed by atoms with Gasteiger partial charge in [0.15, 0.2) is 10.8 Å². The predicted octanol–water partition coefficient (Wildman–Crippen LogP) is 4.18. The zero-order chi connectivity index (χ0) is 33.3. The Labute approximate surface area is 281 Å². The van der Waals surface area contributed by atoms with E-state index in [0.29, 0.717) is 61.4 Å². The molecule has 2 fully saturated rings. The Morgan fingerprint density at radius 3 is 2.66 bits per heavy atom. The number of carbonyl (C=O) groups is 2. The monoisotopic (exact) mass is 694 g/mol. The molecule has 0 bridgehead atoms. The zero-order valence-electron chi connectivity index (χ0n) is 26.1. The fraction of sp³-hybridized carbons (Fsp3) is 0.333. The predicted molar refractivity (Wildman–Crippen MR) is 181 cm³/mol. The van der Waals surface area contributed by atoms with E-state index in [9.17, 15) is 18.5 Å². The minimum absolute atomic E-state index is 0.0494. The molecule has 3 aliphatic heterocycles. The van der Waals surface area contributed by atoms with Crippen molar-refractivity contribution in [3.8, 4) is 11.8 Å². The van der Waals surface area contributed by atoms with Gasteiger partial charge in [-0.3, -0.25) is 9.89 Å². The molecule has 10 nitrogen and oxygen atoms in total. The Kier molecular flexibility index (Phi) is 9.53. The summed E-state index contributed by atoms with van der Waals surface area (Å²) in [5.41, 5.74) is 2.12. The first-order valence-corrected chi connectivity index (χ1v) is 18.8. The van der Waals surface area contributed by atoms with Gasteiger partial charge in [-0.2, -0.15) is 0 Å². The second-order valence-corrected chi connectivity index (χ2v) is 16.4. The number of hydrogen-bond donors (Lipinski definition) is 1. The van der Waals surface area contributed by atoms with Gasteiger partial charge in [-0.15, -0.1) is 11.3 Å². The SMILES string of the molecule is COC(=O)C1=C(CN2CCN3C(=O)N(CC#Cc4ccc(P(C)(C)=O)cc4)C[C@@H]3C2)NC(c2nccs2)=N[C@H]1c1ccc(F)cc1Cl. The van der Waals surface area contributed by atoms with Crippen molar-refractivity contribution < 1.29 is 23.3 Å². The molecule has 2 amide bonds. The van der Waals surface area contributed by atoms with Gasteiger partial charge >= 0.3 is 12.0 Å². The van der Waals surface area contributed by atoms with E-state index in [1.165, 1.54) is 36.6 Å². The molecule has 1 N–H and O–H groups in total. The number of aliphatic imine (C=N–C) groups is 1. The van der Waals surface area contributed by atoms with Crippen LogP contribution in [0.3, 0.4) is 0 Å². The molecule has 2 saturated heterocycles. The van der Waals surface area contributed by atoms with Crippen LogP contribution in [0.1, 0.15) is 22.2 Å². The molecule has 3 aliphatic rings. The number of benzene rings is 2. The maximum Gasteiger partial charge on any atom is 0.338 e. The number of hydrogen-bond acceptors (Lipinski definition) is 9. The van der Waals surface area contributed by atoms with Gasteiger partial charge in [-0.25, -0.2) is 19.0 Å². The number of ether oxygens (including phenoxy) is 1. The van der Waals surface area contributed by atoms with Crippen LogP contribution in [0.2, 0.25) is 5.02 Å². The second kappa shape index (κ2) is 13.6. The molecule has 2 aromatic carbocycles. The molecule has 0 aliphatic carbocycles. The lowest BCUT2D eigenvalue weighted by Gasteiger charge is -2.38. The van der Waals surface area contributed by atoms with Crippen LogP contribution in [-0.4, -0.2) is 103 Å². The Bertz CT molecular complexity index is 1870. The van der Waals surface area contributed by atoms with Gasteiger partial charge in [-0.05, 0) is 37.6 Å². The van der Waals surface area contributed by atoms with E-state index in [1.54, 1.807) is 24.4 Å². The first kappa shape index (κ1) is 32.9. The van der Waals surface area contributed by atoms with Crippen LogP contribution in [0, 0.1) is 17.7 Å². The minimum atomic E-state index is -2.33. The van der Waals surface area contributed by atoms with Gasteiger partial charge in [0.05, 0.1) is 25.3 Å². The maximum absolute atomic E-state index is 14.0. The molecule has 47 heavy (non-hydrogen) atoms. The molecule has 3 aromatic rings. The molecular formula is C33H33ClFN6O4PS. The number of esters is 1. The Hall–Kier alpha value is -4.01. The third kappa shape index (κ3) is 7.14. The number of thiazole rings is 1. The van der Waals surface area contributed by atoms with Crippen molar-refractivity contribution in [2.45, 2.75) is 12.1 Å². The number of halogens is 2. The number of amidine groups is 1. The summed E-state index contributed by atoms with van der Waals surface area (Å²) in [6.45, 7) is 6.31. The van der Waals surface area contributed by atoms with Crippen LogP contribution in [0.4, 0.5) is 9.18 Å². The highest BCUT2D eigenvalue weighted by Gasteiger charge is 2.41. The topological polar surface area (TPSA) is 107 Å². The van der Waals surface area contributed by atoms with Crippen LogP contribution < -0.4 is 10.6 Å². The number of fused-ring (bicyclic) bond motifs is 1. The molecule has 2 atom stereocenters.